The van der Waals surface area contributed by atoms with Crippen LogP contribution in [0.25, 0.3) is 0 Å². The van der Waals surface area contributed by atoms with Crippen LogP contribution in [0.1, 0.15) is 35.9 Å². The molecule has 1 aliphatic carbocycles. The molecule has 9 heteroatoms. The van der Waals surface area contributed by atoms with Crippen LogP contribution in [0.3, 0.4) is 0 Å². The van der Waals surface area contributed by atoms with Crippen molar-refractivity contribution in [2.45, 2.75) is 24.8 Å². The van der Waals surface area contributed by atoms with Crippen molar-refractivity contribution >= 4 is 23.3 Å². The molecule has 2 aromatic carbocycles. The fourth-order valence-corrected chi connectivity index (χ4v) is 4.80. The molecule has 0 spiro atoms. The summed E-state index contributed by atoms with van der Waals surface area (Å²) < 4.78 is 18.2. The summed E-state index contributed by atoms with van der Waals surface area (Å²) >= 11 is 6.10. The number of ether oxygens (including phenoxy) is 3. The second-order valence-electron chi connectivity index (χ2n) is 7.99. The predicted molar refractivity (Wildman–Crippen MR) is 123 cm³/mol. The Bertz CT molecular complexity index is 1230. The lowest BCUT2D eigenvalue weighted by molar-refractivity contribution is -0.116. The van der Waals surface area contributed by atoms with Gasteiger partial charge < -0.3 is 19.5 Å². The molecule has 33 heavy (non-hydrogen) atoms. The van der Waals surface area contributed by atoms with E-state index in [0.29, 0.717) is 46.6 Å². The second-order valence-corrected chi connectivity index (χ2v) is 8.42. The molecule has 1 aromatic heterocycles. The molecular formula is C24H23ClN4O4. The second kappa shape index (κ2) is 8.44. The van der Waals surface area contributed by atoms with E-state index in [2.05, 4.69) is 15.4 Å². The summed E-state index contributed by atoms with van der Waals surface area (Å²) in [6.45, 7) is 0. The normalized spacial score (nSPS) is 19.5. The molecule has 0 saturated heterocycles. The summed E-state index contributed by atoms with van der Waals surface area (Å²) in [5, 5.41) is 8.35. The monoisotopic (exact) mass is 466 g/mol. The standard InChI is InChI=1S/C24H23ClN4O4/c1-31-19-10-15(11-20(32-2)23(19)33-3)14-8-17-21(18(30)9-14)22(13-4-6-16(25)7-5-13)29-24(28-17)26-12-27-29/h4-7,10-12,14,22H,8-9H2,1-3H3,(H,26,27,28)/t14-,22+/m0/s1. The van der Waals surface area contributed by atoms with Crippen LogP contribution in [0.5, 0.6) is 17.2 Å². The van der Waals surface area contributed by atoms with Gasteiger partial charge in [-0.1, -0.05) is 23.7 Å². The van der Waals surface area contributed by atoms with Gasteiger partial charge in [0.25, 0.3) is 0 Å². The van der Waals surface area contributed by atoms with Gasteiger partial charge in [-0.2, -0.15) is 10.1 Å². The SMILES string of the molecule is COc1cc([C@@H]2CC(=O)C3=C(C2)Nc2ncnn2[C@@H]3c2ccc(Cl)cc2)cc(OC)c1OC. The van der Waals surface area contributed by atoms with Crippen LogP contribution >= 0.6 is 11.6 Å². The maximum atomic E-state index is 13.6. The number of ketones is 1. The molecule has 8 nitrogen and oxygen atoms in total. The molecule has 3 aromatic rings. The Kier molecular flexibility index (Phi) is 5.46. The summed E-state index contributed by atoms with van der Waals surface area (Å²) in [5.74, 6) is 2.26. The Morgan fingerprint density at radius 3 is 2.33 bits per heavy atom. The molecule has 0 bridgehead atoms. The van der Waals surface area contributed by atoms with Gasteiger partial charge in [0.05, 0.1) is 21.3 Å². The summed E-state index contributed by atoms with van der Waals surface area (Å²) in [6.07, 6.45) is 2.48. The van der Waals surface area contributed by atoms with Crippen LogP contribution in [0.2, 0.25) is 5.02 Å². The van der Waals surface area contributed by atoms with Gasteiger partial charge in [-0.25, -0.2) is 4.68 Å². The first-order chi connectivity index (χ1) is 16.0. The number of carbonyl (C=O) groups excluding carboxylic acids is 1. The molecule has 0 saturated carbocycles. The molecule has 2 aliphatic rings. The van der Waals surface area contributed by atoms with Gasteiger partial charge in [-0.05, 0) is 47.7 Å². The lowest BCUT2D eigenvalue weighted by Crippen LogP contribution is -2.33. The van der Waals surface area contributed by atoms with Crippen molar-refractivity contribution < 1.29 is 19.0 Å². The molecular weight excluding hydrogens is 444 g/mol. The average Bonchev–Trinajstić information content (AvgIpc) is 3.30. The Labute approximate surface area is 196 Å². The van der Waals surface area contributed by atoms with Crippen molar-refractivity contribution in [3.63, 3.8) is 0 Å². The molecule has 0 fully saturated rings. The van der Waals surface area contributed by atoms with E-state index in [9.17, 15) is 4.79 Å². The van der Waals surface area contributed by atoms with Crippen LogP contribution in [-0.4, -0.2) is 41.9 Å². The summed E-state index contributed by atoms with van der Waals surface area (Å²) in [4.78, 5) is 17.9. The fraction of sp³-hybridized carbons (Fsp3) is 0.292. The number of nitrogens with one attached hydrogen (secondary N) is 1. The average molecular weight is 467 g/mol. The molecule has 0 amide bonds. The fourth-order valence-electron chi connectivity index (χ4n) is 4.68. The first kappa shape index (κ1) is 21.3. The predicted octanol–water partition coefficient (Wildman–Crippen LogP) is 4.37. The zero-order chi connectivity index (χ0) is 23.1. The number of Topliss-reactive ketones (excluding diaryl/α,β-unsaturated/α-hetero) is 1. The van der Waals surface area contributed by atoms with Crippen molar-refractivity contribution in [2.24, 2.45) is 0 Å². The maximum Gasteiger partial charge on any atom is 0.226 e. The van der Waals surface area contributed by atoms with E-state index >= 15 is 0 Å². The number of hydrogen-bond donors (Lipinski definition) is 1. The van der Waals surface area contributed by atoms with Crippen LogP contribution in [0.15, 0.2) is 54.0 Å². The molecule has 5 rings (SSSR count). The lowest BCUT2D eigenvalue weighted by Gasteiger charge is -2.35. The van der Waals surface area contributed by atoms with Gasteiger partial charge in [-0.15, -0.1) is 0 Å². The van der Waals surface area contributed by atoms with Gasteiger partial charge in [0.2, 0.25) is 11.7 Å². The first-order valence-electron chi connectivity index (χ1n) is 10.5. The smallest absolute Gasteiger partial charge is 0.226 e. The molecule has 2 heterocycles. The Balaban J connectivity index is 1.57. The first-order valence-corrected chi connectivity index (χ1v) is 10.9. The number of hydrogen-bond acceptors (Lipinski definition) is 7. The van der Waals surface area contributed by atoms with E-state index in [0.717, 1.165) is 16.8 Å². The number of fused-ring (bicyclic) bond motifs is 1. The highest BCUT2D eigenvalue weighted by Gasteiger charge is 2.39. The molecule has 0 unspecified atom stereocenters. The largest absolute Gasteiger partial charge is 0.493 e. The van der Waals surface area contributed by atoms with Crippen molar-refractivity contribution in [1.82, 2.24) is 14.8 Å². The number of aromatic nitrogens is 3. The third kappa shape index (κ3) is 3.60. The van der Waals surface area contributed by atoms with E-state index in [-0.39, 0.29) is 17.7 Å². The van der Waals surface area contributed by atoms with Crippen molar-refractivity contribution in [3.05, 3.63) is 70.1 Å². The Morgan fingerprint density at radius 2 is 1.70 bits per heavy atom. The minimum absolute atomic E-state index is 0.0576. The quantitative estimate of drug-likeness (QED) is 0.597. The van der Waals surface area contributed by atoms with E-state index in [1.807, 2.05) is 36.4 Å². The number of carbonyl (C=O) groups is 1. The third-order valence-electron chi connectivity index (χ3n) is 6.21. The topological polar surface area (TPSA) is 87.5 Å². The van der Waals surface area contributed by atoms with Crippen molar-refractivity contribution in [1.29, 1.82) is 0 Å². The van der Waals surface area contributed by atoms with Gasteiger partial charge in [-0.3, -0.25) is 4.79 Å². The van der Waals surface area contributed by atoms with E-state index in [4.69, 9.17) is 25.8 Å². The van der Waals surface area contributed by atoms with Gasteiger partial charge in [0.15, 0.2) is 17.3 Å². The maximum absolute atomic E-state index is 13.6. The number of halogens is 1. The number of allylic oxidation sites excluding steroid dienone is 2. The Hall–Kier alpha value is -3.52. The summed E-state index contributed by atoms with van der Waals surface area (Å²) in [6, 6.07) is 11.0. The van der Waals surface area contributed by atoms with Crippen LogP contribution < -0.4 is 19.5 Å². The van der Waals surface area contributed by atoms with Gasteiger partial charge in [0.1, 0.15) is 12.4 Å². The number of benzene rings is 2. The molecule has 0 radical (unpaired) electrons. The van der Waals surface area contributed by atoms with E-state index in [1.54, 1.807) is 26.0 Å². The summed E-state index contributed by atoms with van der Waals surface area (Å²) in [7, 11) is 4.74. The van der Waals surface area contributed by atoms with E-state index < -0.39 is 0 Å². The summed E-state index contributed by atoms with van der Waals surface area (Å²) in [5.41, 5.74) is 3.44. The number of methoxy groups -OCH3 is 3. The van der Waals surface area contributed by atoms with Gasteiger partial charge in [0, 0.05) is 22.7 Å². The van der Waals surface area contributed by atoms with Gasteiger partial charge >= 0.3 is 0 Å². The molecule has 2 atom stereocenters. The number of anilines is 1. The molecule has 170 valence electrons. The number of rotatable bonds is 5. The van der Waals surface area contributed by atoms with Crippen LogP contribution in [0, 0.1) is 0 Å². The van der Waals surface area contributed by atoms with Crippen LogP contribution in [0.4, 0.5) is 5.95 Å². The third-order valence-corrected chi connectivity index (χ3v) is 6.46. The van der Waals surface area contributed by atoms with E-state index in [1.165, 1.54) is 6.33 Å². The van der Waals surface area contributed by atoms with Crippen LogP contribution in [-0.2, 0) is 4.79 Å². The highest BCUT2D eigenvalue weighted by atomic mass is 35.5. The van der Waals surface area contributed by atoms with Crippen molar-refractivity contribution in [3.8, 4) is 17.2 Å². The zero-order valence-corrected chi connectivity index (χ0v) is 19.2. The lowest BCUT2D eigenvalue weighted by atomic mass is 9.78. The molecule has 1 aliphatic heterocycles. The minimum atomic E-state index is -0.357. The Morgan fingerprint density at radius 1 is 1.00 bits per heavy atom. The highest BCUT2D eigenvalue weighted by molar-refractivity contribution is 6.30. The highest BCUT2D eigenvalue weighted by Crippen LogP contribution is 2.47. The van der Waals surface area contributed by atoms with Crippen molar-refractivity contribution in [2.75, 3.05) is 26.6 Å². The zero-order valence-electron chi connectivity index (χ0n) is 18.5. The minimum Gasteiger partial charge on any atom is -0.493 e. The number of nitrogens with zero attached hydrogens (tertiary/aromatic N) is 3. The molecule has 1 N–H and O–H groups in total.